The van der Waals surface area contributed by atoms with Crippen molar-refractivity contribution >= 4 is 11.9 Å². The molecular formula is C15H22O4. The Kier molecular flexibility index (Phi) is 2.88. The van der Waals surface area contributed by atoms with E-state index >= 15 is 0 Å². The van der Waals surface area contributed by atoms with Gasteiger partial charge in [-0.15, -0.1) is 0 Å². The first kappa shape index (κ1) is 12.9. The molecule has 0 aromatic rings. The molecule has 3 rings (SSSR count). The zero-order chi connectivity index (χ0) is 13.8. The zero-order valence-corrected chi connectivity index (χ0v) is 11.6. The predicted molar refractivity (Wildman–Crippen MR) is 68.3 cm³/mol. The first-order chi connectivity index (χ1) is 8.95. The smallest absolute Gasteiger partial charge is 0.312 e. The highest BCUT2D eigenvalue weighted by atomic mass is 16.6. The van der Waals surface area contributed by atoms with E-state index in [9.17, 15) is 14.7 Å². The third-order valence-corrected chi connectivity index (χ3v) is 5.79. The van der Waals surface area contributed by atoms with E-state index in [0.29, 0.717) is 5.92 Å². The van der Waals surface area contributed by atoms with Gasteiger partial charge in [-0.3, -0.25) is 9.59 Å². The van der Waals surface area contributed by atoms with E-state index in [2.05, 4.69) is 0 Å². The van der Waals surface area contributed by atoms with Crippen molar-refractivity contribution in [3.63, 3.8) is 0 Å². The fourth-order valence-electron chi connectivity index (χ4n) is 5.05. The summed E-state index contributed by atoms with van der Waals surface area (Å²) in [5.74, 6) is -0.865. The average Bonchev–Trinajstić information content (AvgIpc) is 2.57. The summed E-state index contributed by atoms with van der Waals surface area (Å²) in [6.07, 6.45) is 4.90. The number of carbonyl (C=O) groups is 2. The predicted octanol–water partition coefficient (Wildman–Crippen LogP) is 2.47. The lowest BCUT2D eigenvalue weighted by Gasteiger charge is -2.48. The molecule has 106 valence electrons. The molecule has 0 amide bonds. The summed E-state index contributed by atoms with van der Waals surface area (Å²) in [5, 5.41) is 9.68. The minimum absolute atomic E-state index is 0.156. The number of carboxylic acid groups (broad SMARTS) is 1. The van der Waals surface area contributed by atoms with E-state index in [4.69, 9.17) is 4.74 Å². The third kappa shape index (κ3) is 1.72. The molecule has 1 N–H and O–H groups in total. The van der Waals surface area contributed by atoms with E-state index in [0.717, 1.165) is 25.7 Å². The van der Waals surface area contributed by atoms with Crippen LogP contribution in [0.25, 0.3) is 0 Å². The van der Waals surface area contributed by atoms with Gasteiger partial charge in [-0.2, -0.15) is 0 Å². The lowest BCUT2D eigenvalue weighted by Crippen LogP contribution is -2.51. The van der Waals surface area contributed by atoms with Crippen molar-refractivity contribution in [1.82, 2.24) is 0 Å². The van der Waals surface area contributed by atoms with Crippen LogP contribution in [-0.4, -0.2) is 23.1 Å². The Balaban J connectivity index is 2.02. The molecule has 2 aliphatic carbocycles. The number of carbonyl (C=O) groups excluding carboxylic acids is 1. The SMILES string of the molecule is C[C@H]1OC(=O)[C@]2(C)C[C@@H]3CCCC[C@H]3[C@H](C(=O)O)[C@H]12. The van der Waals surface area contributed by atoms with Crippen molar-refractivity contribution < 1.29 is 19.4 Å². The van der Waals surface area contributed by atoms with Crippen LogP contribution in [0.2, 0.25) is 0 Å². The summed E-state index contributed by atoms with van der Waals surface area (Å²) in [5.41, 5.74) is -0.582. The quantitative estimate of drug-likeness (QED) is 0.740. The molecule has 1 aliphatic heterocycles. The fraction of sp³-hybridized carbons (Fsp3) is 0.867. The number of carboxylic acids is 1. The van der Waals surface area contributed by atoms with Crippen LogP contribution < -0.4 is 0 Å². The molecule has 3 aliphatic rings. The highest BCUT2D eigenvalue weighted by molar-refractivity contribution is 5.82. The number of rotatable bonds is 1. The van der Waals surface area contributed by atoms with Crippen molar-refractivity contribution in [1.29, 1.82) is 0 Å². The van der Waals surface area contributed by atoms with Gasteiger partial charge in [0.2, 0.25) is 0 Å². The Morgan fingerprint density at radius 3 is 2.74 bits per heavy atom. The van der Waals surface area contributed by atoms with E-state index < -0.39 is 17.3 Å². The summed E-state index contributed by atoms with van der Waals surface area (Å²) in [6, 6.07) is 0. The first-order valence-corrected chi connectivity index (χ1v) is 7.39. The molecule has 2 saturated carbocycles. The van der Waals surface area contributed by atoms with Crippen LogP contribution in [0.1, 0.15) is 46.0 Å². The molecule has 0 unspecified atom stereocenters. The van der Waals surface area contributed by atoms with Crippen molar-refractivity contribution in [2.45, 2.75) is 52.1 Å². The maximum Gasteiger partial charge on any atom is 0.312 e. The maximum atomic E-state index is 12.2. The summed E-state index contributed by atoms with van der Waals surface area (Å²) >= 11 is 0. The minimum Gasteiger partial charge on any atom is -0.481 e. The van der Waals surface area contributed by atoms with Gasteiger partial charge in [0, 0.05) is 5.92 Å². The number of hydrogen-bond donors (Lipinski definition) is 1. The molecule has 0 spiro atoms. The Morgan fingerprint density at radius 2 is 2.05 bits per heavy atom. The number of aliphatic carboxylic acids is 1. The topological polar surface area (TPSA) is 63.6 Å². The molecule has 19 heavy (non-hydrogen) atoms. The molecule has 0 radical (unpaired) electrons. The molecule has 3 fully saturated rings. The number of ether oxygens (including phenoxy) is 1. The molecule has 1 saturated heterocycles. The van der Waals surface area contributed by atoms with Crippen molar-refractivity contribution in [2.24, 2.45) is 29.1 Å². The summed E-state index contributed by atoms with van der Waals surface area (Å²) in [7, 11) is 0. The molecule has 4 heteroatoms. The zero-order valence-electron chi connectivity index (χ0n) is 11.6. The average molecular weight is 266 g/mol. The maximum absolute atomic E-state index is 12.2. The van der Waals surface area contributed by atoms with E-state index in [-0.39, 0.29) is 23.9 Å². The molecule has 4 nitrogen and oxygen atoms in total. The Bertz CT molecular complexity index is 418. The highest BCUT2D eigenvalue weighted by Gasteiger charge is 2.63. The molecule has 1 heterocycles. The van der Waals surface area contributed by atoms with Gasteiger partial charge in [-0.1, -0.05) is 19.3 Å². The van der Waals surface area contributed by atoms with Gasteiger partial charge in [0.25, 0.3) is 0 Å². The summed E-state index contributed by atoms with van der Waals surface area (Å²) < 4.78 is 5.40. The normalized spacial score (nSPS) is 49.2. The standard InChI is InChI=1S/C15H22O4/c1-8-12-11(13(16)17)10-6-4-3-5-9(10)7-15(12,2)14(18)19-8/h8-12H,3-7H2,1-2H3,(H,16,17)/t8-,9+,10-,11+,12+,15-/m1/s1. The van der Waals surface area contributed by atoms with Gasteiger partial charge in [-0.25, -0.2) is 0 Å². The van der Waals surface area contributed by atoms with E-state index in [1.54, 1.807) is 0 Å². The van der Waals surface area contributed by atoms with Gasteiger partial charge >= 0.3 is 11.9 Å². The van der Waals surface area contributed by atoms with Crippen LogP contribution in [0.4, 0.5) is 0 Å². The van der Waals surface area contributed by atoms with Crippen LogP contribution in [0.15, 0.2) is 0 Å². The third-order valence-electron chi connectivity index (χ3n) is 5.79. The summed E-state index contributed by atoms with van der Waals surface area (Å²) in [4.78, 5) is 23.9. The molecule has 0 aromatic heterocycles. The van der Waals surface area contributed by atoms with Gasteiger partial charge in [0.05, 0.1) is 11.3 Å². The second-order valence-corrected chi connectivity index (χ2v) is 6.83. The van der Waals surface area contributed by atoms with E-state index in [1.807, 2.05) is 13.8 Å². The van der Waals surface area contributed by atoms with Gasteiger partial charge in [-0.05, 0) is 38.5 Å². The Labute approximate surface area is 113 Å². The molecule has 6 atom stereocenters. The van der Waals surface area contributed by atoms with Crippen molar-refractivity contribution in [3.05, 3.63) is 0 Å². The summed E-state index contributed by atoms with van der Waals surface area (Å²) in [6.45, 7) is 3.77. The second-order valence-electron chi connectivity index (χ2n) is 6.83. The van der Waals surface area contributed by atoms with Crippen LogP contribution in [-0.2, 0) is 14.3 Å². The molecular weight excluding hydrogens is 244 g/mol. The van der Waals surface area contributed by atoms with E-state index in [1.165, 1.54) is 6.42 Å². The highest BCUT2D eigenvalue weighted by Crippen LogP contribution is 2.58. The van der Waals surface area contributed by atoms with Gasteiger partial charge < -0.3 is 9.84 Å². The number of fused-ring (bicyclic) bond motifs is 2. The van der Waals surface area contributed by atoms with Crippen LogP contribution in [0.3, 0.4) is 0 Å². The monoisotopic (exact) mass is 266 g/mol. The number of cyclic esters (lactones) is 1. The molecule has 0 aromatic carbocycles. The lowest BCUT2D eigenvalue weighted by atomic mass is 9.52. The van der Waals surface area contributed by atoms with Crippen molar-refractivity contribution in [2.75, 3.05) is 0 Å². The Morgan fingerprint density at radius 1 is 1.37 bits per heavy atom. The second kappa shape index (κ2) is 4.22. The lowest BCUT2D eigenvalue weighted by molar-refractivity contribution is -0.158. The van der Waals surface area contributed by atoms with Gasteiger partial charge in [0.1, 0.15) is 6.10 Å². The largest absolute Gasteiger partial charge is 0.481 e. The van der Waals surface area contributed by atoms with Crippen LogP contribution >= 0.6 is 0 Å². The Hall–Kier alpha value is -1.06. The van der Waals surface area contributed by atoms with Gasteiger partial charge in [0.15, 0.2) is 0 Å². The number of hydrogen-bond acceptors (Lipinski definition) is 3. The minimum atomic E-state index is -0.738. The molecule has 0 bridgehead atoms. The fourth-order valence-corrected chi connectivity index (χ4v) is 5.05. The van der Waals surface area contributed by atoms with Crippen LogP contribution in [0.5, 0.6) is 0 Å². The van der Waals surface area contributed by atoms with Crippen LogP contribution in [0, 0.1) is 29.1 Å². The first-order valence-electron chi connectivity index (χ1n) is 7.39. The van der Waals surface area contributed by atoms with Crippen molar-refractivity contribution in [3.8, 4) is 0 Å². The number of esters is 1.